The molecule has 0 spiro atoms. The summed E-state index contributed by atoms with van der Waals surface area (Å²) >= 11 is 5.86. The Bertz CT molecular complexity index is 995. The molecule has 0 bridgehead atoms. The molecule has 1 saturated heterocycles. The summed E-state index contributed by atoms with van der Waals surface area (Å²) in [4.78, 5) is 23.3. The van der Waals surface area contributed by atoms with Crippen molar-refractivity contribution >= 4 is 23.2 Å². The molecule has 1 aliphatic heterocycles. The molecule has 1 aliphatic carbocycles. The molecule has 1 amide bonds. The molecular formula is C24H29ClFN5O2. The average molecular weight is 474 g/mol. The molecule has 2 fully saturated rings. The first-order chi connectivity index (χ1) is 15.9. The van der Waals surface area contributed by atoms with E-state index in [9.17, 15) is 9.18 Å². The lowest BCUT2D eigenvalue weighted by Gasteiger charge is -2.30. The van der Waals surface area contributed by atoms with Crippen molar-refractivity contribution in [2.24, 2.45) is 0 Å². The van der Waals surface area contributed by atoms with Crippen molar-refractivity contribution in [3.63, 3.8) is 0 Å². The smallest absolute Gasteiger partial charge is 0.257 e. The second-order valence-corrected chi connectivity index (χ2v) is 9.15. The number of rotatable bonds is 7. The summed E-state index contributed by atoms with van der Waals surface area (Å²) in [7, 11) is 0. The number of hydrogen-bond donors (Lipinski definition) is 2. The van der Waals surface area contributed by atoms with Crippen molar-refractivity contribution in [1.82, 2.24) is 20.2 Å². The van der Waals surface area contributed by atoms with Crippen LogP contribution in [0.4, 0.5) is 4.39 Å². The summed E-state index contributed by atoms with van der Waals surface area (Å²) in [5.74, 6) is -0.390. The van der Waals surface area contributed by atoms with Crippen LogP contribution in [0.5, 0.6) is 5.75 Å². The van der Waals surface area contributed by atoms with Crippen molar-refractivity contribution < 1.29 is 13.9 Å². The number of nitrogens with one attached hydrogen (secondary N) is 2. The van der Waals surface area contributed by atoms with Crippen molar-refractivity contribution in [3.05, 3.63) is 52.8 Å². The monoisotopic (exact) mass is 473 g/mol. The first kappa shape index (κ1) is 23.6. The van der Waals surface area contributed by atoms with Crippen LogP contribution in [0, 0.1) is 11.2 Å². The molecule has 176 valence electrons. The van der Waals surface area contributed by atoms with Gasteiger partial charge in [-0.2, -0.15) is 0 Å². The normalized spacial score (nSPS) is 23.1. The summed E-state index contributed by atoms with van der Waals surface area (Å²) in [5.41, 5.74) is 0.668. The quantitative estimate of drug-likeness (QED) is 0.628. The van der Waals surface area contributed by atoms with E-state index in [-0.39, 0.29) is 36.8 Å². The molecular weight excluding hydrogens is 445 g/mol. The van der Waals surface area contributed by atoms with Crippen LogP contribution >= 0.6 is 11.6 Å². The highest BCUT2D eigenvalue weighted by Gasteiger charge is 2.35. The minimum atomic E-state index is -0.443. The van der Waals surface area contributed by atoms with E-state index in [0.717, 1.165) is 38.6 Å². The number of ether oxygens (including phenoxy) is 1. The number of hydrogen-bond acceptors (Lipinski definition) is 6. The Morgan fingerprint density at radius 2 is 2.00 bits per heavy atom. The molecule has 1 saturated carbocycles. The van der Waals surface area contributed by atoms with Crippen LogP contribution in [0.3, 0.4) is 0 Å². The van der Waals surface area contributed by atoms with Crippen LogP contribution in [0.1, 0.15) is 61.1 Å². The first-order valence-electron chi connectivity index (χ1n) is 11.5. The van der Waals surface area contributed by atoms with Gasteiger partial charge in [-0.05, 0) is 50.8 Å². The lowest BCUT2D eigenvalue weighted by molar-refractivity contribution is 0.0781. The van der Waals surface area contributed by atoms with E-state index in [1.807, 2.05) is 0 Å². The molecule has 9 heteroatoms. The summed E-state index contributed by atoms with van der Waals surface area (Å²) < 4.78 is 20.2. The molecule has 1 aromatic heterocycles. The predicted molar refractivity (Wildman–Crippen MR) is 125 cm³/mol. The third-order valence-corrected chi connectivity index (χ3v) is 6.44. The van der Waals surface area contributed by atoms with Gasteiger partial charge in [0, 0.05) is 36.8 Å². The van der Waals surface area contributed by atoms with Crippen molar-refractivity contribution in [2.45, 2.75) is 57.1 Å². The van der Waals surface area contributed by atoms with Crippen LogP contribution in [-0.4, -0.2) is 58.3 Å². The van der Waals surface area contributed by atoms with Gasteiger partial charge in [-0.1, -0.05) is 18.5 Å². The summed E-state index contributed by atoms with van der Waals surface area (Å²) in [6.45, 7) is 3.60. The van der Waals surface area contributed by atoms with Crippen LogP contribution < -0.4 is 10.1 Å². The van der Waals surface area contributed by atoms with Crippen LogP contribution in [0.15, 0.2) is 30.6 Å². The highest BCUT2D eigenvalue weighted by Crippen LogP contribution is 2.30. The summed E-state index contributed by atoms with van der Waals surface area (Å²) in [6, 6.07) is 4.51. The standard InChI is InChI=1S/C24H29ClFN5O2/c1-2-9-28-17-4-6-18(7-5-17)33-22-10-16(26)3-8-19(22)24(32)31-13-20(21(27)14-31)23-29-11-15(25)12-30-23/h3,8,10-12,17-18,20,27-28H,2,4-7,9,13-14H2,1H3. The number of halogens is 2. The minimum Gasteiger partial charge on any atom is -0.489 e. The van der Waals surface area contributed by atoms with Gasteiger partial charge in [0.05, 0.1) is 29.2 Å². The highest BCUT2D eigenvalue weighted by molar-refractivity contribution is 6.30. The van der Waals surface area contributed by atoms with E-state index >= 15 is 0 Å². The maximum absolute atomic E-state index is 14.0. The van der Waals surface area contributed by atoms with E-state index in [1.165, 1.54) is 30.6 Å². The van der Waals surface area contributed by atoms with Gasteiger partial charge in [0.1, 0.15) is 17.4 Å². The fraction of sp³-hybridized carbons (Fsp3) is 0.500. The molecule has 7 nitrogen and oxygen atoms in total. The molecule has 4 rings (SSSR count). The Kier molecular flexibility index (Phi) is 7.55. The maximum Gasteiger partial charge on any atom is 0.257 e. The van der Waals surface area contributed by atoms with Crippen LogP contribution in [0.25, 0.3) is 0 Å². The third-order valence-electron chi connectivity index (χ3n) is 6.25. The van der Waals surface area contributed by atoms with E-state index in [4.69, 9.17) is 21.7 Å². The van der Waals surface area contributed by atoms with Gasteiger partial charge in [-0.25, -0.2) is 14.4 Å². The zero-order chi connectivity index (χ0) is 23.4. The molecule has 2 N–H and O–H groups in total. The van der Waals surface area contributed by atoms with Gasteiger partial charge in [-0.3, -0.25) is 4.79 Å². The number of likely N-dealkylation sites (tertiary alicyclic amines) is 1. The number of carbonyl (C=O) groups is 1. The SMILES string of the molecule is CCCNC1CCC(Oc2cc(F)ccc2C(=O)N2CC(=N)C(c3ncc(Cl)cn3)C2)CC1. The Balaban J connectivity index is 1.44. The van der Waals surface area contributed by atoms with E-state index in [0.29, 0.717) is 28.2 Å². The zero-order valence-corrected chi connectivity index (χ0v) is 19.4. The Hall–Kier alpha value is -2.58. The van der Waals surface area contributed by atoms with Gasteiger partial charge >= 0.3 is 0 Å². The molecule has 1 unspecified atom stereocenters. The molecule has 2 aliphatic rings. The fourth-order valence-electron chi connectivity index (χ4n) is 4.46. The van der Waals surface area contributed by atoms with Crippen molar-refractivity contribution in [3.8, 4) is 5.75 Å². The second kappa shape index (κ2) is 10.6. The average Bonchev–Trinajstić information content (AvgIpc) is 3.20. The van der Waals surface area contributed by atoms with Crippen LogP contribution in [0.2, 0.25) is 5.02 Å². The molecule has 1 aromatic carbocycles. The molecule has 2 aromatic rings. The largest absolute Gasteiger partial charge is 0.489 e. The van der Waals surface area contributed by atoms with Gasteiger partial charge in [0.2, 0.25) is 0 Å². The molecule has 2 heterocycles. The zero-order valence-electron chi connectivity index (χ0n) is 18.7. The number of nitrogens with zero attached hydrogens (tertiary/aromatic N) is 3. The summed E-state index contributed by atoms with van der Waals surface area (Å²) in [5, 5.41) is 12.3. The molecule has 33 heavy (non-hydrogen) atoms. The number of carbonyl (C=O) groups excluding carboxylic acids is 1. The van der Waals surface area contributed by atoms with Gasteiger partial charge in [0.15, 0.2) is 0 Å². The van der Waals surface area contributed by atoms with Gasteiger partial charge in [-0.15, -0.1) is 0 Å². The lowest BCUT2D eigenvalue weighted by atomic mass is 9.93. The third kappa shape index (κ3) is 5.68. The Morgan fingerprint density at radius 3 is 2.70 bits per heavy atom. The maximum atomic E-state index is 14.0. The number of amides is 1. The topological polar surface area (TPSA) is 91.2 Å². The van der Waals surface area contributed by atoms with Crippen LogP contribution in [-0.2, 0) is 0 Å². The van der Waals surface area contributed by atoms with E-state index in [2.05, 4.69) is 22.2 Å². The Morgan fingerprint density at radius 1 is 1.27 bits per heavy atom. The fourth-order valence-corrected chi connectivity index (χ4v) is 4.56. The highest BCUT2D eigenvalue weighted by atomic mass is 35.5. The van der Waals surface area contributed by atoms with Gasteiger partial charge < -0.3 is 20.4 Å². The first-order valence-corrected chi connectivity index (χ1v) is 11.9. The van der Waals surface area contributed by atoms with E-state index in [1.54, 1.807) is 4.90 Å². The predicted octanol–water partition coefficient (Wildman–Crippen LogP) is 4.22. The van der Waals surface area contributed by atoms with Crippen molar-refractivity contribution in [2.75, 3.05) is 19.6 Å². The summed E-state index contributed by atoms with van der Waals surface area (Å²) in [6.07, 6.45) is 7.73. The van der Waals surface area contributed by atoms with Gasteiger partial charge in [0.25, 0.3) is 5.91 Å². The van der Waals surface area contributed by atoms with Crippen molar-refractivity contribution in [1.29, 1.82) is 5.41 Å². The van der Waals surface area contributed by atoms with E-state index < -0.39 is 5.82 Å². The molecule has 1 atom stereocenters. The minimum absolute atomic E-state index is 0.0508. The Labute approximate surface area is 198 Å². The second-order valence-electron chi connectivity index (χ2n) is 8.71. The molecule has 0 radical (unpaired) electrons. The number of benzene rings is 1. The number of aromatic nitrogens is 2. The lowest BCUT2D eigenvalue weighted by Crippen LogP contribution is -2.37.